The first kappa shape index (κ1) is 37.1. The number of carbonyl (C=O) groups excluding carboxylic acids is 5. The Hall–Kier alpha value is -5.45. The molecule has 57 heavy (non-hydrogen) atoms. The van der Waals surface area contributed by atoms with E-state index in [1.54, 1.807) is 12.1 Å². The lowest BCUT2D eigenvalue weighted by atomic mass is 9.77. The van der Waals surface area contributed by atoms with Crippen molar-refractivity contribution in [1.29, 1.82) is 0 Å². The second kappa shape index (κ2) is 14.8. The van der Waals surface area contributed by atoms with E-state index in [-0.39, 0.29) is 29.7 Å². The number of halogens is 1. The third-order valence-electron chi connectivity index (χ3n) is 13.1. The maximum absolute atomic E-state index is 13.5. The largest absolute Gasteiger partial charge is 0.371 e. The Morgan fingerprint density at radius 1 is 0.772 bits per heavy atom. The van der Waals surface area contributed by atoms with E-state index in [4.69, 9.17) is 18.2 Å². The van der Waals surface area contributed by atoms with Crippen molar-refractivity contribution in [2.24, 2.45) is 11.3 Å². The molecule has 6 aliphatic rings. The van der Waals surface area contributed by atoms with Crippen LogP contribution in [0.3, 0.4) is 0 Å². The minimum absolute atomic E-state index is 0.0741. The van der Waals surface area contributed by atoms with Crippen LogP contribution in [0, 0.1) is 17.9 Å². The number of amides is 5. The zero-order valence-corrected chi connectivity index (χ0v) is 32.5. The van der Waals surface area contributed by atoms with Gasteiger partial charge in [0.05, 0.1) is 17.7 Å². The molecule has 5 fully saturated rings. The number of piperidine rings is 2. The molecule has 5 amide bonds. The summed E-state index contributed by atoms with van der Waals surface area (Å²) in [5.74, 6) is -1.47. The molecule has 3 aromatic carbocycles. The predicted molar refractivity (Wildman–Crippen MR) is 216 cm³/mol. The van der Waals surface area contributed by atoms with Crippen molar-refractivity contribution in [3.8, 4) is 0 Å². The smallest absolute Gasteiger partial charge is 0.262 e. The molecule has 14 heteroatoms. The molecule has 6 aliphatic heterocycles. The number of nitrogens with one attached hydrogen (secondary N) is 1. The first-order chi connectivity index (χ1) is 27.6. The fourth-order valence-corrected chi connectivity index (χ4v) is 9.85. The van der Waals surface area contributed by atoms with E-state index in [0.29, 0.717) is 35.3 Å². The quantitative estimate of drug-likeness (QED) is 0.269. The summed E-state index contributed by atoms with van der Waals surface area (Å²) in [6.07, 6.45) is 3.61. The molecule has 13 nitrogen and oxygen atoms in total. The van der Waals surface area contributed by atoms with Crippen LogP contribution < -0.4 is 20.0 Å². The highest BCUT2D eigenvalue weighted by Gasteiger charge is 2.45. The third-order valence-corrected chi connectivity index (χ3v) is 13.4. The molecular weight excluding hydrogens is 744 g/mol. The van der Waals surface area contributed by atoms with E-state index < -0.39 is 29.7 Å². The maximum Gasteiger partial charge on any atom is 0.262 e. The molecule has 1 spiro atoms. The highest BCUT2D eigenvalue weighted by Crippen LogP contribution is 2.44. The lowest BCUT2D eigenvalue weighted by Crippen LogP contribution is -2.55. The number of nitrogens with zero attached hydrogens (tertiary/aromatic N) is 7. The van der Waals surface area contributed by atoms with Crippen molar-refractivity contribution in [2.75, 3.05) is 86.7 Å². The van der Waals surface area contributed by atoms with Gasteiger partial charge in [0.2, 0.25) is 17.5 Å². The number of hydrogen-bond acceptors (Lipinski definition) is 9. The SMILES string of the molecule is [C-]#[N+]c1ccc(N2CCC3(CCN(c4ccc(C(=O)N5CCN(CC6CN(c7ccc8c(c7)C(=O)N(C7CCC(=O)NC7=O)C8=O)C6)CC5)cc4)CC3)C2)cc1Cl. The molecule has 294 valence electrons. The Morgan fingerprint density at radius 2 is 1.42 bits per heavy atom. The average Bonchev–Trinajstić information content (AvgIpc) is 3.73. The van der Waals surface area contributed by atoms with Gasteiger partial charge < -0.3 is 19.6 Å². The van der Waals surface area contributed by atoms with E-state index in [2.05, 4.69) is 41.9 Å². The van der Waals surface area contributed by atoms with Crippen molar-refractivity contribution in [3.05, 3.63) is 93.8 Å². The number of fused-ring (bicyclic) bond motifs is 1. The molecule has 0 aromatic heterocycles. The number of carbonyl (C=O) groups is 5. The van der Waals surface area contributed by atoms with Crippen LogP contribution in [-0.2, 0) is 9.59 Å². The second-order valence-electron chi connectivity index (χ2n) is 16.5. The molecule has 0 saturated carbocycles. The van der Waals surface area contributed by atoms with Crippen LogP contribution in [0.15, 0.2) is 60.7 Å². The summed E-state index contributed by atoms with van der Waals surface area (Å²) >= 11 is 6.34. The maximum atomic E-state index is 13.5. The molecule has 5 saturated heterocycles. The summed E-state index contributed by atoms with van der Waals surface area (Å²) in [7, 11) is 0. The van der Waals surface area contributed by atoms with E-state index in [9.17, 15) is 24.0 Å². The van der Waals surface area contributed by atoms with Gasteiger partial charge in [-0.05, 0) is 85.7 Å². The van der Waals surface area contributed by atoms with Gasteiger partial charge in [0.25, 0.3) is 17.7 Å². The summed E-state index contributed by atoms with van der Waals surface area (Å²) in [4.78, 5) is 79.7. The normalized spacial score (nSPS) is 22.5. The molecule has 0 aliphatic carbocycles. The van der Waals surface area contributed by atoms with Crippen LogP contribution in [0.1, 0.15) is 63.2 Å². The Kier molecular flexibility index (Phi) is 9.65. The number of anilines is 3. The lowest BCUT2D eigenvalue weighted by molar-refractivity contribution is -0.136. The van der Waals surface area contributed by atoms with Crippen LogP contribution in [0.5, 0.6) is 0 Å². The molecule has 6 heterocycles. The minimum Gasteiger partial charge on any atom is -0.371 e. The number of hydrogen-bond donors (Lipinski definition) is 1. The molecule has 9 rings (SSSR count). The molecule has 1 atom stereocenters. The van der Waals surface area contributed by atoms with Crippen molar-refractivity contribution in [2.45, 2.75) is 38.1 Å². The van der Waals surface area contributed by atoms with Crippen molar-refractivity contribution >= 4 is 63.9 Å². The first-order valence-electron chi connectivity index (χ1n) is 20.0. The molecule has 1 unspecified atom stereocenters. The fourth-order valence-electron chi connectivity index (χ4n) is 9.63. The molecular formula is C43H45ClN8O5. The van der Waals surface area contributed by atoms with Crippen molar-refractivity contribution in [1.82, 2.24) is 20.0 Å². The zero-order valence-electron chi connectivity index (χ0n) is 31.8. The third kappa shape index (κ3) is 6.99. The van der Waals surface area contributed by atoms with Crippen LogP contribution >= 0.6 is 11.6 Å². The minimum atomic E-state index is -0.975. The van der Waals surface area contributed by atoms with Gasteiger partial charge in [-0.25, -0.2) is 4.85 Å². The van der Waals surface area contributed by atoms with Crippen molar-refractivity contribution < 1.29 is 24.0 Å². The highest BCUT2D eigenvalue weighted by atomic mass is 35.5. The zero-order chi connectivity index (χ0) is 39.4. The van der Waals surface area contributed by atoms with Gasteiger partial charge in [0, 0.05) is 112 Å². The van der Waals surface area contributed by atoms with Crippen molar-refractivity contribution in [3.63, 3.8) is 0 Å². The average molecular weight is 789 g/mol. The molecule has 0 bridgehead atoms. The summed E-state index contributed by atoms with van der Waals surface area (Å²) in [6, 6.07) is 18.2. The lowest BCUT2D eigenvalue weighted by Gasteiger charge is -2.45. The van der Waals surface area contributed by atoms with Gasteiger partial charge >= 0.3 is 0 Å². The Morgan fingerprint density at radius 3 is 2.11 bits per heavy atom. The number of piperazine rings is 1. The van der Waals surface area contributed by atoms with Crippen LogP contribution in [-0.4, -0.2) is 122 Å². The monoisotopic (exact) mass is 788 g/mol. The van der Waals surface area contributed by atoms with Crippen LogP contribution in [0.2, 0.25) is 5.02 Å². The Bertz CT molecular complexity index is 2180. The number of rotatable bonds is 7. The standard InChI is InChI=1S/C43H45ClN8O5/c1-45-36-9-7-32(23-35(36)44)50-17-14-43(27-50)12-15-48(16-13-43)30-4-2-29(3-5-30)40(55)49-20-18-47(19-21-49)24-28-25-51(26-28)31-6-8-33-34(22-31)42(57)52(41(33)56)37-10-11-38(53)46-39(37)54/h2-9,22-23,28,37H,10-21,24-27H2,(H,46,53,54). The summed E-state index contributed by atoms with van der Waals surface area (Å²) in [6.45, 7) is 16.8. The van der Waals surface area contributed by atoms with Gasteiger partial charge in [0.1, 0.15) is 6.04 Å². The molecule has 1 N–H and O–H groups in total. The van der Waals surface area contributed by atoms with E-state index >= 15 is 0 Å². The predicted octanol–water partition coefficient (Wildman–Crippen LogP) is 4.68. The van der Waals surface area contributed by atoms with Gasteiger partial charge in [-0.1, -0.05) is 17.7 Å². The fraction of sp³-hybridized carbons (Fsp3) is 0.442. The summed E-state index contributed by atoms with van der Waals surface area (Å²) in [5, 5.41) is 2.75. The molecule has 0 radical (unpaired) electrons. The first-order valence-corrected chi connectivity index (χ1v) is 20.3. The Balaban J connectivity index is 0.716. The molecule has 3 aromatic rings. The summed E-state index contributed by atoms with van der Waals surface area (Å²) < 4.78 is 0. The van der Waals surface area contributed by atoms with E-state index in [1.807, 2.05) is 41.3 Å². The highest BCUT2D eigenvalue weighted by molar-refractivity contribution is 6.33. The topological polar surface area (TPSA) is 121 Å². The van der Waals surface area contributed by atoms with Crippen LogP contribution in [0.4, 0.5) is 22.7 Å². The van der Waals surface area contributed by atoms with Gasteiger partial charge in [-0.15, -0.1) is 0 Å². The van der Waals surface area contributed by atoms with Gasteiger partial charge in [0.15, 0.2) is 0 Å². The van der Waals surface area contributed by atoms with E-state index in [1.165, 1.54) is 0 Å². The van der Waals surface area contributed by atoms with Crippen LogP contribution in [0.25, 0.3) is 4.85 Å². The second-order valence-corrected chi connectivity index (χ2v) is 16.9. The number of benzene rings is 3. The van der Waals surface area contributed by atoms with Gasteiger partial charge in [-0.3, -0.25) is 39.1 Å². The Labute approximate surface area is 336 Å². The number of imide groups is 2. The summed E-state index contributed by atoms with van der Waals surface area (Å²) in [5.41, 5.74) is 5.21. The van der Waals surface area contributed by atoms with E-state index in [0.717, 1.165) is 106 Å². The van der Waals surface area contributed by atoms with Gasteiger partial charge in [-0.2, -0.15) is 0 Å².